The van der Waals surface area contributed by atoms with Crippen molar-refractivity contribution >= 4 is 12.1 Å². The van der Waals surface area contributed by atoms with Crippen LogP contribution in [0, 0.1) is 23.5 Å². The topological polar surface area (TPSA) is 101 Å². The van der Waals surface area contributed by atoms with E-state index >= 15 is 0 Å². The number of rotatable bonds is 11. The number of likely N-dealkylation sites (tertiary alicyclic amines) is 1. The molecule has 0 bridgehead atoms. The zero-order valence-electron chi connectivity index (χ0n) is 21.8. The van der Waals surface area contributed by atoms with Gasteiger partial charge in [-0.05, 0) is 63.3 Å². The van der Waals surface area contributed by atoms with Crippen molar-refractivity contribution in [3.8, 4) is 0 Å². The molecule has 2 saturated heterocycles. The molecule has 0 aliphatic carbocycles. The molecule has 2 aliphatic rings. The number of ether oxygens (including phenoxy) is 3. The summed E-state index contributed by atoms with van der Waals surface area (Å²) in [5.74, 6) is -0.869. The first-order valence-electron chi connectivity index (χ1n) is 13.1. The SMILES string of the molecule is CNC[C@H](CC1CCOCC1)NC(=O)N1CCC[C@@H](C(OCCNC(=O)OC)c2cc(F)ccc2F)C1. The monoisotopic (exact) mass is 526 g/mol. The molecule has 37 heavy (non-hydrogen) atoms. The number of hydrogen-bond acceptors (Lipinski definition) is 6. The maximum absolute atomic E-state index is 14.8. The van der Waals surface area contributed by atoms with Crippen LogP contribution in [0.25, 0.3) is 0 Å². The summed E-state index contributed by atoms with van der Waals surface area (Å²) >= 11 is 0. The fraction of sp³-hybridized carbons (Fsp3) is 0.692. The van der Waals surface area contributed by atoms with Crippen LogP contribution in [-0.4, -0.2) is 83.2 Å². The minimum Gasteiger partial charge on any atom is -0.453 e. The van der Waals surface area contributed by atoms with Gasteiger partial charge in [-0.15, -0.1) is 0 Å². The molecule has 0 aromatic heterocycles. The number of amides is 3. The Morgan fingerprint density at radius 2 is 2.00 bits per heavy atom. The molecule has 3 rings (SSSR count). The first kappa shape index (κ1) is 29.1. The Balaban J connectivity index is 1.66. The second-order valence-corrected chi connectivity index (χ2v) is 9.72. The largest absolute Gasteiger partial charge is 0.453 e. The standard InChI is InChI=1S/C26H40F2N4O5/c1-29-16-21(14-18-7-11-36-12-8-18)31-25(33)32-10-3-4-19(17-32)24(37-13-9-30-26(34)35-2)22-15-20(27)5-6-23(22)28/h5-6,15,18-19,21,24,29H,3-4,7-14,16-17H2,1-2H3,(H,30,34)(H,31,33)/t19-,21+,24?/m1/s1. The van der Waals surface area contributed by atoms with Gasteiger partial charge in [-0.2, -0.15) is 0 Å². The van der Waals surface area contributed by atoms with Crippen molar-refractivity contribution in [3.05, 3.63) is 35.4 Å². The van der Waals surface area contributed by atoms with Crippen molar-refractivity contribution in [2.75, 3.05) is 60.2 Å². The number of carbonyl (C=O) groups excluding carboxylic acids is 2. The van der Waals surface area contributed by atoms with Gasteiger partial charge in [-0.1, -0.05) is 0 Å². The van der Waals surface area contributed by atoms with Crippen LogP contribution in [0.5, 0.6) is 0 Å². The van der Waals surface area contributed by atoms with E-state index in [2.05, 4.69) is 20.7 Å². The fourth-order valence-electron chi connectivity index (χ4n) is 5.16. The molecular formula is C26H40F2N4O5. The number of alkyl carbamates (subject to hydrolysis) is 1. The van der Waals surface area contributed by atoms with Crippen LogP contribution in [0.15, 0.2) is 18.2 Å². The van der Waals surface area contributed by atoms with E-state index in [9.17, 15) is 18.4 Å². The van der Waals surface area contributed by atoms with Gasteiger partial charge in [0, 0.05) is 56.9 Å². The van der Waals surface area contributed by atoms with E-state index in [0.717, 1.165) is 50.7 Å². The Labute approximate surface area is 217 Å². The number of piperidine rings is 1. The van der Waals surface area contributed by atoms with E-state index in [0.29, 0.717) is 38.4 Å². The summed E-state index contributed by atoms with van der Waals surface area (Å²) in [6, 6.07) is 3.11. The van der Waals surface area contributed by atoms with Crippen molar-refractivity contribution in [3.63, 3.8) is 0 Å². The van der Waals surface area contributed by atoms with E-state index in [1.165, 1.54) is 7.11 Å². The summed E-state index contributed by atoms with van der Waals surface area (Å²) in [6.45, 7) is 3.32. The lowest BCUT2D eigenvalue weighted by Gasteiger charge is -2.38. The molecule has 0 saturated carbocycles. The average Bonchev–Trinajstić information content (AvgIpc) is 2.91. The second-order valence-electron chi connectivity index (χ2n) is 9.72. The highest BCUT2D eigenvalue weighted by Crippen LogP contribution is 2.34. The number of benzene rings is 1. The van der Waals surface area contributed by atoms with Crippen LogP contribution in [0.1, 0.15) is 43.8 Å². The van der Waals surface area contributed by atoms with Gasteiger partial charge < -0.3 is 35.1 Å². The molecule has 3 N–H and O–H groups in total. The molecule has 3 atom stereocenters. The first-order valence-corrected chi connectivity index (χ1v) is 13.1. The average molecular weight is 527 g/mol. The van der Waals surface area contributed by atoms with Crippen LogP contribution in [0.3, 0.4) is 0 Å². The number of likely N-dealkylation sites (N-methyl/N-ethyl adjacent to an activating group) is 1. The molecule has 1 aromatic rings. The predicted molar refractivity (Wildman–Crippen MR) is 134 cm³/mol. The summed E-state index contributed by atoms with van der Waals surface area (Å²) in [5, 5.41) is 8.86. The zero-order chi connectivity index (χ0) is 26.6. The molecule has 3 amide bonds. The Kier molecular flexibility index (Phi) is 11.8. The van der Waals surface area contributed by atoms with Crippen molar-refractivity contribution in [2.45, 2.75) is 44.2 Å². The summed E-state index contributed by atoms with van der Waals surface area (Å²) < 4.78 is 44.8. The molecule has 2 aliphatic heterocycles. The maximum Gasteiger partial charge on any atom is 0.406 e. The third-order valence-corrected chi connectivity index (χ3v) is 7.03. The fourth-order valence-corrected chi connectivity index (χ4v) is 5.16. The van der Waals surface area contributed by atoms with Gasteiger partial charge in [0.05, 0.1) is 19.8 Å². The maximum atomic E-state index is 14.8. The molecule has 0 radical (unpaired) electrons. The number of nitrogens with zero attached hydrogens (tertiary/aromatic N) is 1. The van der Waals surface area contributed by atoms with E-state index in [4.69, 9.17) is 9.47 Å². The van der Waals surface area contributed by atoms with Gasteiger partial charge in [0.1, 0.15) is 11.6 Å². The number of nitrogens with one attached hydrogen (secondary N) is 3. The van der Waals surface area contributed by atoms with E-state index in [-0.39, 0.29) is 36.7 Å². The third-order valence-electron chi connectivity index (χ3n) is 7.03. The summed E-state index contributed by atoms with van der Waals surface area (Å²) in [6.07, 6.45) is 2.88. The number of halogens is 2. The smallest absolute Gasteiger partial charge is 0.406 e. The summed E-state index contributed by atoms with van der Waals surface area (Å²) in [7, 11) is 3.12. The lowest BCUT2D eigenvalue weighted by molar-refractivity contribution is -0.0108. The van der Waals surface area contributed by atoms with Gasteiger partial charge in [0.2, 0.25) is 0 Å². The molecule has 0 spiro atoms. The van der Waals surface area contributed by atoms with Crippen molar-refractivity contribution in [1.29, 1.82) is 0 Å². The first-order chi connectivity index (χ1) is 17.9. The Morgan fingerprint density at radius 3 is 2.73 bits per heavy atom. The summed E-state index contributed by atoms with van der Waals surface area (Å²) in [4.78, 5) is 26.3. The number of hydrogen-bond donors (Lipinski definition) is 3. The normalized spacial score (nSPS) is 20.2. The van der Waals surface area contributed by atoms with Gasteiger partial charge in [0.15, 0.2) is 0 Å². The van der Waals surface area contributed by atoms with E-state index in [1.54, 1.807) is 4.90 Å². The number of carbonyl (C=O) groups is 2. The Morgan fingerprint density at radius 1 is 1.22 bits per heavy atom. The minimum absolute atomic E-state index is 0.0157. The molecule has 1 unspecified atom stereocenters. The predicted octanol–water partition coefficient (Wildman–Crippen LogP) is 3.20. The lowest BCUT2D eigenvalue weighted by Crippen LogP contribution is -2.52. The van der Waals surface area contributed by atoms with Crippen molar-refractivity contribution < 1.29 is 32.6 Å². The van der Waals surface area contributed by atoms with Crippen LogP contribution in [0.4, 0.5) is 18.4 Å². The Bertz CT molecular complexity index is 871. The molecule has 9 nitrogen and oxygen atoms in total. The van der Waals surface area contributed by atoms with Crippen molar-refractivity contribution in [2.24, 2.45) is 11.8 Å². The molecule has 1 aromatic carbocycles. The quantitative estimate of drug-likeness (QED) is 0.383. The molecule has 208 valence electrons. The van der Waals surface area contributed by atoms with E-state index in [1.807, 2.05) is 7.05 Å². The minimum atomic E-state index is -0.777. The molecule has 2 heterocycles. The van der Waals surface area contributed by atoms with Gasteiger partial charge >= 0.3 is 12.1 Å². The number of methoxy groups -OCH3 is 1. The van der Waals surface area contributed by atoms with Crippen LogP contribution in [-0.2, 0) is 14.2 Å². The van der Waals surface area contributed by atoms with Gasteiger partial charge in [0.25, 0.3) is 0 Å². The highest BCUT2D eigenvalue weighted by molar-refractivity contribution is 5.74. The van der Waals surface area contributed by atoms with Crippen LogP contribution >= 0.6 is 0 Å². The second kappa shape index (κ2) is 15.0. The van der Waals surface area contributed by atoms with Gasteiger partial charge in [-0.25, -0.2) is 18.4 Å². The van der Waals surface area contributed by atoms with E-state index < -0.39 is 23.8 Å². The lowest BCUT2D eigenvalue weighted by atomic mass is 9.88. The van der Waals surface area contributed by atoms with Crippen molar-refractivity contribution in [1.82, 2.24) is 20.9 Å². The molecular weight excluding hydrogens is 486 g/mol. The third kappa shape index (κ3) is 9.08. The highest BCUT2D eigenvalue weighted by Gasteiger charge is 2.33. The highest BCUT2D eigenvalue weighted by atomic mass is 19.1. The Hall–Kier alpha value is -2.50. The molecule has 11 heteroatoms. The van der Waals surface area contributed by atoms with Crippen LogP contribution in [0.2, 0.25) is 0 Å². The number of urea groups is 1. The summed E-state index contributed by atoms with van der Waals surface area (Å²) in [5.41, 5.74) is 0.109. The van der Waals surface area contributed by atoms with Crippen LogP contribution < -0.4 is 16.0 Å². The zero-order valence-corrected chi connectivity index (χ0v) is 21.8. The molecule has 2 fully saturated rings. The van der Waals surface area contributed by atoms with Gasteiger partial charge in [-0.3, -0.25) is 0 Å².